The fourth-order valence-electron chi connectivity index (χ4n) is 3.56. The summed E-state index contributed by atoms with van der Waals surface area (Å²) in [4.78, 5) is 18.1. The standard InChI is InChI=1S/C24H21FN2O4/c1-29-20-12-16(13-21(30-2)22(20)31-3)23-26-19-10-5-4-9-18(19)24(28)27(23)14-15-7-6-8-17(25)11-15/h4-13H,14H2,1-3H3. The monoisotopic (exact) mass is 420 g/mol. The van der Waals surface area contributed by atoms with Crippen LogP contribution in [0.15, 0.2) is 65.5 Å². The number of methoxy groups -OCH3 is 3. The van der Waals surface area contributed by atoms with Gasteiger partial charge in [0.2, 0.25) is 5.75 Å². The molecule has 0 saturated heterocycles. The largest absolute Gasteiger partial charge is 0.493 e. The van der Waals surface area contributed by atoms with Gasteiger partial charge in [-0.05, 0) is 42.0 Å². The van der Waals surface area contributed by atoms with Gasteiger partial charge < -0.3 is 14.2 Å². The molecule has 0 fully saturated rings. The van der Waals surface area contributed by atoms with Crippen molar-refractivity contribution in [2.45, 2.75) is 6.54 Å². The van der Waals surface area contributed by atoms with E-state index >= 15 is 0 Å². The second-order valence-corrected chi connectivity index (χ2v) is 6.89. The summed E-state index contributed by atoms with van der Waals surface area (Å²) in [5, 5.41) is 0.482. The lowest BCUT2D eigenvalue weighted by molar-refractivity contribution is 0.324. The highest BCUT2D eigenvalue weighted by Crippen LogP contribution is 2.40. The maximum Gasteiger partial charge on any atom is 0.261 e. The van der Waals surface area contributed by atoms with Crippen molar-refractivity contribution in [2.75, 3.05) is 21.3 Å². The fraction of sp³-hybridized carbons (Fsp3) is 0.167. The van der Waals surface area contributed by atoms with E-state index in [-0.39, 0.29) is 17.9 Å². The lowest BCUT2D eigenvalue weighted by atomic mass is 10.1. The number of aromatic nitrogens is 2. The molecule has 1 heterocycles. The van der Waals surface area contributed by atoms with E-state index in [0.717, 1.165) is 0 Å². The van der Waals surface area contributed by atoms with Crippen LogP contribution in [0.5, 0.6) is 17.2 Å². The van der Waals surface area contributed by atoms with Crippen LogP contribution in [0.25, 0.3) is 22.3 Å². The molecule has 31 heavy (non-hydrogen) atoms. The van der Waals surface area contributed by atoms with Gasteiger partial charge in [-0.3, -0.25) is 9.36 Å². The summed E-state index contributed by atoms with van der Waals surface area (Å²) in [6.07, 6.45) is 0. The molecule has 0 aliphatic rings. The first kappa shape index (κ1) is 20.4. The molecule has 4 aromatic rings. The molecule has 0 spiro atoms. The van der Waals surface area contributed by atoms with Crippen LogP contribution in [0.2, 0.25) is 0 Å². The molecule has 158 valence electrons. The van der Waals surface area contributed by atoms with E-state index < -0.39 is 0 Å². The Balaban J connectivity index is 2.00. The molecule has 0 saturated carbocycles. The van der Waals surface area contributed by atoms with Gasteiger partial charge in [-0.25, -0.2) is 9.37 Å². The van der Waals surface area contributed by atoms with Crippen molar-refractivity contribution in [3.8, 4) is 28.6 Å². The van der Waals surface area contributed by atoms with Gasteiger partial charge in [-0.15, -0.1) is 0 Å². The average molecular weight is 420 g/mol. The Morgan fingerprint density at radius 2 is 1.61 bits per heavy atom. The molecule has 7 heteroatoms. The average Bonchev–Trinajstić information content (AvgIpc) is 2.79. The van der Waals surface area contributed by atoms with E-state index in [0.29, 0.717) is 45.1 Å². The molecule has 0 N–H and O–H groups in total. The predicted molar refractivity (Wildman–Crippen MR) is 117 cm³/mol. The van der Waals surface area contributed by atoms with Gasteiger partial charge >= 0.3 is 0 Å². The topological polar surface area (TPSA) is 62.6 Å². The zero-order chi connectivity index (χ0) is 22.0. The van der Waals surface area contributed by atoms with Crippen LogP contribution in [-0.4, -0.2) is 30.9 Å². The smallest absolute Gasteiger partial charge is 0.261 e. The number of ether oxygens (including phenoxy) is 3. The highest BCUT2D eigenvalue weighted by molar-refractivity contribution is 5.80. The highest BCUT2D eigenvalue weighted by atomic mass is 19.1. The Hall–Kier alpha value is -3.87. The van der Waals surface area contributed by atoms with Crippen LogP contribution >= 0.6 is 0 Å². The van der Waals surface area contributed by atoms with Crippen molar-refractivity contribution in [1.82, 2.24) is 9.55 Å². The molecule has 0 bridgehead atoms. The molecule has 3 aromatic carbocycles. The van der Waals surface area contributed by atoms with Crippen LogP contribution < -0.4 is 19.8 Å². The van der Waals surface area contributed by atoms with E-state index in [2.05, 4.69) is 0 Å². The molecule has 6 nitrogen and oxygen atoms in total. The van der Waals surface area contributed by atoms with Gasteiger partial charge in [0, 0.05) is 5.56 Å². The normalized spacial score (nSPS) is 10.8. The zero-order valence-corrected chi connectivity index (χ0v) is 17.4. The van der Waals surface area contributed by atoms with Gasteiger partial charge in [0.25, 0.3) is 5.56 Å². The Morgan fingerprint density at radius 1 is 0.903 bits per heavy atom. The van der Waals surface area contributed by atoms with E-state index in [1.165, 1.54) is 38.0 Å². The summed E-state index contributed by atoms with van der Waals surface area (Å²) < 4.78 is 31.6. The van der Waals surface area contributed by atoms with Crippen LogP contribution in [0, 0.1) is 5.82 Å². The molecule has 4 rings (SSSR count). The number of para-hydroxylation sites is 1. The maximum absolute atomic E-state index is 13.8. The molecule has 1 aromatic heterocycles. The second kappa shape index (κ2) is 8.47. The van der Waals surface area contributed by atoms with Crippen molar-refractivity contribution in [1.29, 1.82) is 0 Å². The van der Waals surface area contributed by atoms with Crippen molar-refractivity contribution < 1.29 is 18.6 Å². The van der Waals surface area contributed by atoms with Gasteiger partial charge in [0.05, 0.1) is 38.8 Å². The van der Waals surface area contributed by atoms with Crippen LogP contribution in [-0.2, 0) is 6.54 Å². The molecule has 0 unspecified atom stereocenters. The third kappa shape index (κ3) is 3.82. The minimum absolute atomic E-state index is 0.153. The molecule has 0 radical (unpaired) electrons. The Kier molecular flexibility index (Phi) is 5.58. The van der Waals surface area contributed by atoms with Crippen LogP contribution in [0.1, 0.15) is 5.56 Å². The van der Waals surface area contributed by atoms with Gasteiger partial charge in [0.1, 0.15) is 11.6 Å². The van der Waals surface area contributed by atoms with Crippen LogP contribution in [0.4, 0.5) is 4.39 Å². The number of fused-ring (bicyclic) bond motifs is 1. The molecule has 0 aliphatic heterocycles. The van der Waals surface area contributed by atoms with E-state index in [4.69, 9.17) is 19.2 Å². The Morgan fingerprint density at radius 3 is 2.26 bits per heavy atom. The fourth-order valence-corrected chi connectivity index (χ4v) is 3.56. The Bertz CT molecular complexity index is 1290. The second-order valence-electron chi connectivity index (χ2n) is 6.89. The first-order valence-electron chi connectivity index (χ1n) is 9.60. The summed E-state index contributed by atoms with van der Waals surface area (Å²) in [7, 11) is 4.57. The zero-order valence-electron chi connectivity index (χ0n) is 17.4. The van der Waals surface area contributed by atoms with E-state index in [1.807, 2.05) is 6.07 Å². The number of halogens is 1. The molecular formula is C24H21FN2O4. The van der Waals surface area contributed by atoms with Crippen molar-refractivity contribution in [3.05, 3.63) is 82.4 Å². The minimum Gasteiger partial charge on any atom is -0.493 e. The summed E-state index contributed by atoms with van der Waals surface area (Å²) in [5.74, 6) is 1.36. The van der Waals surface area contributed by atoms with Crippen molar-refractivity contribution in [3.63, 3.8) is 0 Å². The van der Waals surface area contributed by atoms with E-state index in [9.17, 15) is 9.18 Å². The lowest BCUT2D eigenvalue weighted by Gasteiger charge is -2.17. The SMILES string of the molecule is COc1cc(-c2nc3ccccc3c(=O)n2Cc2cccc(F)c2)cc(OC)c1OC. The third-order valence-corrected chi connectivity index (χ3v) is 5.01. The molecular weight excluding hydrogens is 399 g/mol. The third-order valence-electron chi connectivity index (χ3n) is 5.01. The number of hydrogen-bond donors (Lipinski definition) is 0. The molecule has 0 amide bonds. The Labute approximate surface area is 178 Å². The number of nitrogens with zero attached hydrogens (tertiary/aromatic N) is 2. The number of rotatable bonds is 6. The summed E-state index contributed by atoms with van der Waals surface area (Å²) in [6, 6.07) is 16.7. The predicted octanol–water partition coefficient (Wildman–Crippen LogP) is 4.28. The van der Waals surface area contributed by atoms with Crippen LogP contribution in [0.3, 0.4) is 0 Å². The van der Waals surface area contributed by atoms with Crippen molar-refractivity contribution >= 4 is 10.9 Å². The van der Waals surface area contributed by atoms with Gasteiger partial charge in [-0.1, -0.05) is 24.3 Å². The number of benzene rings is 3. The lowest BCUT2D eigenvalue weighted by Crippen LogP contribution is -2.24. The quantitative estimate of drug-likeness (QED) is 0.466. The van der Waals surface area contributed by atoms with E-state index in [1.54, 1.807) is 42.5 Å². The maximum atomic E-state index is 13.8. The number of hydrogen-bond acceptors (Lipinski definition) is 5. The van der Waals surface area contributed by atoms with Gasteiger partial charge in [0.15, 0.2) is 11.5 Å². The summed E-state index contributed by atoms with van der Waals surface area (Å²) >= 11 is 0. The first-order valence-corrected chi connectivity index (χ1v) is 9.60. The highest BCUT2D eigenvalue weighted by Gasteiger charge is 2.19. The molecule has 0 atom stereocenters. The van der Waals surface area contributed by atoms with Crippen molar-refractivity contribution in [2.24, 2.45) is 0 Å². The van der Waals surface area contributed by atoms with Gasteiger partial charge in [-0.2, -0.15) is 0 Å². The molecule has 0 aliphatic carbocycles. The first-order chi connectivity index (χ1) is 15.0. The minimum atomic E-state index is -0.367. The summed E-state index contributed by atoms with van der Waals surface area (Å²) in [6.45, 7) is 0.153. The summed E-state index contributed by atoms with van der Waals surface area (Å²) in [5.41, 5.74) is 1.59.